The number of benzene rings is 1. The molecule has 1 saturated carbocycles. The van der Waals surface area contributed by atoms with E-state index in [4.69, 9.17) is 0 Å². The molecular formula is C20H23N5O2. The van der Waals surface area contributed by atoms with E-state index in [-0.39, 0.29) is 17.7 Å². The molecule has 1 aliphatic carbocycles. The minimum Gasteiger partial charge on any atom is -0.362 e. The smallest absolute Gasteiger partial charge is 0.257 e. The van der Waals surface area contributed by atoms with Crippen LogP contribution in [0.15, 0.2) is 30.5 Å². The van der Waals surface area contributed by atoms with Crippen molar-refractivity contribution >= 4 is 17.5 Å². The Hall–Kier alpha value is -2.83. The van der Waals surface area contributed by atoms with E-state index in [0.717, 1.165) is 30.8 Å². The summed E-state index contributed by atoms with van der Waals surface area (Å²) in [4.78, 5) is 27.6. The summed E-state index contributed by atoms with van der Waals surface area (Å²) in [6.45, 7) is 3.30. The number of aromatic nitrogens is 2. The second kappa shape index (κ2) is 5.58. The van der Waals surface area contributed by atoms with E-state index in [1.807, 2.05) is 43.1 Å². The number of carbonyl (C=O) groups excluding carboxylic acids is 2. The molecule has 1 saturated heterocycles. The molecule has 1 spiro atoms. The highest BCUT2D eigenvalue weighted by atomic mass is 16.2. The van der Waals surface area contributed by atoms with Gasteiger partial charge in [0.25, 0.3) is 11.8 Å². The van der Waals surface area contributed by atoms with E-state index in [1.165, 1.54) is 0 Å². The van der Waals surface area contributed by atoms with Gasteiger partial charge in [-0.2, -0.15) is 5.10 Å². The van der Waals surface area contributed by atoms with Crippen LogP contribution in [0.2, 0.25) is 0 Å². The number of likely N-dealkylation sites (tertiary alicyclic amines) is 1. The third kappa shape index (κ3) is 2.30. The number of anilines is 1. The number of para-hydroxylation sites is 1. The van der Waals surface area contributed by atoms with Crippen molar-refractivity contribution in [1.29, 1.82) is 0 Å². The summed E-state index contributed by atoms with van der Waals surface area (Å²) in [5.74, 6) is 0.602. The molecule has 0 unspecified atom stereocenters. The summed E-state index contributed by atoms with van der Waals surface area (Å²) in [5.41, 5.74) is 2.65. The zero-order chi connectivity index (χ0) is 18.8. The Bertz CT molecular complexity index is 952. The highest BCUT2D eigenvalue weighted by Crippen LogP contribution is 2.47. The summed E-state index contributed by atoms with van der Waals surface area (Å²) < 4.78 is 1.73. The molecule has 2 N–H and O–H groups in total. The lowest BCUT2D eigenvalue weighted by atomic mass is 9.89. The minimum absolute atomic E-state index is 0.0297. The lowest BCUT2D eigenvalue weighted by Gasteiger charge is -2.42. The normalized spacial score (nSPS) is 28.7. The summed E-state index contributed by atoms with van der Waals surface area (Å²) >= 11 is 0. The van der Waals surface area contributed by atoms with Crippen molar-refractivity contribution in [3.05, 3.63) is 47.3 Å². The summed E-state index contributed by atoms with van der Waals surface area (Å²) in [6, 6.07) is 7.62. The van der Waals surface area contributed by atoms with Crippen LogP contribution in [0.4, 0.5) is 5.69 Å². The van der Waals surface area contributed by atoms with E-state index in [9.17, 15) is 9.59 Å². The van der Waals surface area contributed by atoms with Gasteiger partial charge in [-0.05, 0) is 37.8 Å². The van der Waals surface area contributed by atoms with Crippen molar-refractivity contribution in [1.82, 2.24) is 20.0 Å². The van der Waals surface area contributed by atoms with Gasteiger partial charge in [-0.15, -0.1) is 0 Å². The van der Waals surface area contributed by atoms with Crippen molar-refractivity contribution < 1.29 is 9.59 Å². The predicted molar refractivity (Wildman–Crippen MR) is 100 cm³/mol. The molecule has 2 amide bonds. The Labute approximate surface area is 157 Å². The van der Waals surface area contributed by atoms with E-state index in [2.05, 4.69) is 15.7 Å². The Morgan fingerprint density at radius 2 is 2.07 bits per heavy atom. The van der Waals surface area contributed by atoms with Crippen LogP contribution in [0.25, 0.3) is 0 Å². The monoisotopic (exact) mass is 365 g/mol. The Kier molecular flexibility index (Phi) is 3.38. The van der Waals surface area contributed by atoms with Crippen LogP contribution >= 0.6 is 0 Å². The largest absolute Gasteiger partial charge is 0.362 e. The van der Waals surface area contributed by atoms with Gasteiger partial charge in [0.15, 0.2) is 0 Å². The molecule has 140 valence electrons. The van der Waals surface area contributed by atoms with Gasteiger partial charge < -0.3 is 15.5 Å². The zero-order valence-corrected chi connectivity index (χ0v) is 15.5. The second-order valence-corrected chi connectivity index (χ2v) is 7.98. The average Bonchev–Trinajstić information content (AvgIpc) is 3.32. The summed E-state index contributed by atoms with van der Waals surface area (Å²) in [7, 11) is 1.85. The SMILES string of the molecule is Cc1c(C(=O)N2C[C@H]3CC[C@]4(NC(=O)c5ccccc5N4)[C@H]3C2)cnn1C. The number of nitrogens with one attached hydrogen (secondary N) is 2. The van der Waals surface area contributed by atoms with Gasteiger partial charge in [0.1, 0.15) is 5.66 Å². The third-order valence-electron chi connectivity index (χ3n) is 6.60. The van der Waals surface area contributed by atoms with Crippen LogP contribution in [-0.2, 0) is 7.05 Å². The maximum atomic E-state index is 13.0. The first-order chi connectivity index (χ1) is 13.0. The molecule has 1 aromatic heterocycles. The molecule has 0 radical (unpaired) electrons. The lowest BCUT2D eigenvalue weighted by molar-refractivity contribution is 0.0766. The van der Waals surface area contributed by atoms with E-state index < -0.39 is 5.66 Å². The molecule has 7 nitrogen and oxygen atoms in total. The van der Waals surface area contributed by atoms with Gasteiger partial charge >= 0.3 is 0 Å². The second-order valence-electron chi connectivity index (χ2n) is 7.98. The van der Waals surface area contributed by atoms with Crippen LogP contribution in [0.1, 0.15) is 39.3 Å². The van der Waals surface area contributed by atoms with Crippen molar-refractivity contribution in [3.63, 3.8) is 0 Å². The van der Waals surface area contributed by atoms with Crippen LogP contribution in [0, 0.1) is 18.8 Å². The van der Waals surface area contributed by atoms with Gasteiger partial charge in [0, 0.05) is 37.4 Å². The highest BCUT2D eigenvalue weighted by Gasteiger charge is 2.55. The van der Waals surface area contributed by atoms with Crippen LogP contribution in [0.5, 0.6) is 0 Å². The third-order valence-corrected chi connectivity index (χ3v) is 6.60. The molecule has 2 aliphatic heterocycles. The minimum atomic E-state index is -0.463. The van der Waals surface area contributed by atoms with Crippen LogP contribution < -0.4 is 10.6 Å². The number of rotatable bonds is 1. The highest BCUT2D eigenvalue weighted by molar-refractivity contribution is 6.02. The van der Waals surface area contributed by atoms with Crippen molar-refractivity contribution in [3.8, 4) is 0 Å². The molecule has 7 heteroatoms. The number of aryl methyl sites for hydroxylation is 1. The number of amides is 2. The maximum Gasteiger partial charge on any atom is 0.257 e. The van der Waals surface area contributed by atoms with Gasteiger partial charge in [-0.3, -0.25) is 14.3 Å². The molecule has 5 rings (SSSR count). The van der Waals surface area contributed by atoms with Gasteiger partial charge in [0.2, 0.25) is 0 Å². The van der Waals surface area contributed by atoms with E-state index >= 15 is 0 Å². The van der Waals surface area contributed by atoms with Crippen molar-refractivity contribution in [2.24, 2.45) is 18.9 Å². The van der Waals surface area contributed by atoms with Gasteiger partial charge in [-0.25, -0.2) is 0 Å². The molecule has 2 fully saturated rings. The fourth-order valence-corrected chi connectivity index (χ4v) is 5.01. The Balaban J connectivity index is 1.41. The molecule has 3 heterocycles. The zero-order valence-electron chi connectivity index (χ0n) is 15.5. The maximum absolute atomic E-state index is 13.0. The molecule has 3 aliphatic rings. The van der Waals surface area contributed by atoms with Gasteiger partial charge in [0.05, 0.1) is 17.3 Å². The number of fused-ring (bicyclic) bond motifs is 3. The van der Waals surface area contributed by atoms with Gasteiger partial charge in [-0.1, -0.05) is 12.1 Å². The summed E-state index contributed by atoms with van der Waals surface area (Å²) in [5, 5.41) is 11.0. The molecular weight excluding hydrogens is 342 g/mol. The van der Waals surface area contributed by atoms with Crippen LogP contribution in [0.3, 0.4) is 0 Å². The molecule has 2 aromatic rings. The number of hydrogen-bond acceptors (Lipinski definition) is 4. The Morgan fingerprint density at radius 3 is 2.85 bits per heavy atom. The summed E-state index contributed by atoms with van der Waals surface area (Å²) in [6.07, 6.45) is 3.53. The molecule has 0 bridgehead atoms. The molecule has 3 atom stereocenters. The molecule has 27 heavy (non-hydrogen) atoms. The quantitative estimate of drug-likeness (QED) is 0.807. The first-order valence-corrected chi connectivity index (χ1v) is 9.46. The lowest BCUT2D eigenvalue weighted by Crippen LogP contribution is -2.61. The van der Waals surface area contributed by atoms with Crippen LogP contribution in [-0.4, -0.2) is 45.2 Å². The Morgan fingerprint density at radius 1 is 1.26 bits per heavy atom. The predicted octanol–water partition coefficient (Wildman–Crippen LogP) is 1.76. The van der Waals surface area contributed by atoms with Crippen molar-refractivity contribution in [2.75, 3.05) is 18.4 Å². The topological polar surface area (TPSA) is 79.3 Å². The van der Waals surface area contributed by atoms with E-state index in [1.54, 1.807) is 10.9 Å². The average molecular weight is 365 g/mol. The number of carbonyl (C=O) groups is 2. The number of hydrogen-bond donors (Lipinski definition) is 2. The molecule has 1 aromatic carbocycles. The fraction of sp³-hybridized carbons (Fsp3) is 0.450. The standard InChI is InChI=1S/C20H23N5O2/c1-12-15(9-21-24(12)2)19(27)25-10-13-7-8-20(16(13)11-25)22-17-6-4-3-5-14(17)18(26)23-20/h3-6,9,13,16,22H,7-8,10-11H2,1-2H3,(H,23,26)/t13-,16+,20+/m1/s1. The van der Waals surface area contributed by atoms with E-state index in [0.29, 0.717) is 23.6 Å². The van der Waals surface area contributed by atoms with Crippen molar-refractivity contribution in [2.45, 2.75) is 25.4 Å². The first-order valence-electron chi connectivity index (χ1n) is 9.46. The number of nitrogens with zero attached hydrogens (tertiary/aromatic N) is 3. The first kappa shape index (κ1) is 16.4. The fourth-order valence-electron chi connectivity index (χ4n) is 5.01.